The van der Waals surface area contributed by atoms with E-state index in [-0.39, 0.29) is 57.9 Å². The lowest BCUT2D eigenvalue weighted by Crippen LogP contribution is -2.56. The second-order valence-corrected chi connectivity index (χ2v) is 14.2. The van der Waals surface area contributed by atoms with Gasteiger partial charge in [0.1, 0.15) is 12.9 Å². The Kier molecular flexibility index (Phi) is 8.36. The molecule has 3 aromatic heterocycles. The van der Waals surface area contributed by atoms with Gasteiger partial charge in [-0.25, -0.2) is 9.97 Å². The highest BCUT2D eigenvalue weighted by molar-refractivity contribution is 6.33. The molecule has 4 aromatic rings. The number of aromatic hydroxyl groups is 1. The number of nitrogens with zero attached hydrogens (tertiary/aromatic N) is 7. The number of carbonyl (C=O) groups excluding carboxylic acids is 2. The molecule has 2 amide bonds. The summed E-state index contributed by atoms with van der Waals surface area (Å²) in [6, 6.07) is 2.49. The lowest BCUT2D eigenvalue weighted by molar-refractivity contribution is -0.137. The Hall–Kier alpha value is -4.83. The average molecular weight is 739 g/mol. The minimum Gasteiger partial charge on any atom is -0.504 e. The molecular weight excluding hydrogens is 705 g/mol. The molecule has 2 fully saturated rings. The van der Waals surface area contributed by atoms with Crippen LogP contribution in [0.3, 0.4) is 0 Å². The Morgan fingerprint density at radius 2 is 2.00 bits per heavy atom. The summed E-state index contributed by atoms with van der Waals surface area (Å²) >= 11 is 6.17. The van der Waals surface area contributed by atoms with E-state index in [2.05, 4.69) is 20.4 Å². The molecule has 2 aliphatic heterocycles. The number of piperidine rings is 1. The molecule has 13 nitrogen and oxygen atoms in total. The molecule has 4 aliphatic rings. The number of benzene rings is 1. The first-order valence-electron chi connectivity index (χ1n) is 17.2. The van der Waals surface area contributed by atoms with Crippen molar-refractivity contribution in [1.82, 2.24) is 34.0 Å². The summed E-state index contributed by atoms with van der Waals surface area (Å²) in [5.41, 5.74) is 0.355. The molecule has 0 radical (unpaired) electrons. The molecule has 2 aliphatic carbocycles. The highest BCUT2D eigenvalue weighted by Gasteiger charge is 2.57. The zero-order valence-electron chi connectivity index (χ0n) is 28.0. The van der Waals surface area contributed by atoms with Crippen molar-refractivity contribution in [3.63, 3.8) is 0 Å². The van der Waals surface area contributed by atoms with E-state index < -0.39 is 23.1 Å². The molecule has 272 valence electrons. The van der Waals surface area contributed by atoms with Crippen molar-refractivity contribution in [3.8, 4) is 5.75 Å². The minimum atomic E-state index is -4.60. The highest BCUT2D eigenvalue weighted by atomic mass is 35.5. The van der Waals surface area contributed by atoms with Crippen LogP contribution in [0.25, 0.3) is 11.4 Å². The number of anilines is 1. The molecule has 1 spiro atoms. The number of aryl methyl sites for hydroxylation is 1. The minimum absolute atomic E-state index is 0.00937. The second-order valence-electron chi connectivity index (χ2n) is 13.8. The molecule has 52 heavy (non-hydrogen) atoms. The molecule has 2 N–H and O–H groups in total. The van der Waals surface area contributed by atoms with E-state index in [0.29, 0.717) is 68.2 Å². The summed E-state index contributed by atoms with van der Waals surface area (Å²) in [6.07, 6.45) is 2.89. The number of hydrogen-bond acceptors (Lipinski definition) is 9. The number of aromatic nitrogens is 6. The number of amides is 2. The molecule has 8 rings (SSSR count). The number of hydrogen-bond donors (Lipinski definition) is 2. The van der Waals surface area contributed by atoms with E-state index in [1.807, 2.05) is 6.08 Å². The van der Waals surface area contributed by atoms with Crippen molar-refractivity contribution in [2.45, 2.75) is 76.0 Å². The van der Waals surface area contributed by atoms with Gasteiger partial charge in [-0.2, -0.15) is 22.7 Å². The Bertz CT molecular complexity index is 2240. The normalized spacial score (nSPS) is 22.8. The van der Waals surface area contributed by atoms with Crippen molar-refractivity contribution in [1.29, 1.82) is 0 Å². The zero-order chi connectivity index (χ0) is 36.5. The van der Waals surface area contributed by atoms with E-state index in [1.165, 1.54) is 10.8 Å². The molecule has 1 saturated heterocycles. The third kappa shape index (κ3) is 5.54. The maximum Gasteiger partial charge on any atom is 0.416 e. The first-order valence-corrected chi connectivity index (χ1v) is 17.5. The van der Waals surface area contributed by atoms with Crippen molar-refractivity contribution >= 4 is 40.5 Å². The van der Waals surface area contributed by atoms with Gasteiger partial charge in [0.15, 0.2) is 17.3 Å². The van der Waals surface area contributed by atoms with Crippen LogP contribution in [0.15, 0.2) is 35.4 Å². The number of nitrogens with one attached hydrogen (secondary N) is 1. The standard InChI is InChI=1S/C35H34ClF3N8O5/c1-18-29(49)28(41-17-40-18)32(51)45-12-11-34(21-3-2-4-24(21)45)10-7-25-27(34)31(50)47-33(43-30(44-47)19-8-13-52-14-9-19)46(25)16-26(48)42-23-6-5-20(15-22(23)36)35(37,38)39/h5-6,8,15,17,21,24,49H,2-4,7,9-14,16H2,1H3,(H,42,48)/t21-,24+,34-/m1/s1. The van der Waals surface area contributed by atoms with Crippen LogP contribution < -0.4 is 10.9 Å². The molecule has 3 atom stereocenters. The van der Waals surface area contributed by atoms with Gasteiger partial charge in [-0.1, -0.05) is 24.1 Å². The Morgan fingerprint density at radius 3 is 2.75 bits per heavy atom. The van der Waals surface area contributed by atoms with Crippen molar-refractivity contribution < 1.29 is 32.6 Å². The predicted octanol–water partition coefficient (Wildman–Crippen LogP) is 4.71. The molecule has 17 heteroatoms. The summed E-state index contributed by atoms with van der Waals surface area (Å²) in [6.45, 7) is 2.44. The summed E-state index contributed by atoms with van der Waals surface area (Å²) < 4.78 is 48.2. The van der Waals surface area contributed by atoms with Gasteiger partial charge < -0.3 is 24.6 Å². The van der Waals surface area contributed by atoms with Crippen LogP contribution in [0.4, 0.5) is 18.9 Å². The summed E-state index contributed by atoms with van der Waals surface area (Å²) in [4.78, 5) is 56.7. The van der Waals surface area contributed by atoms with Crippen LogP contribution in [0.2, 0.25) is 5.02 Å². The molecule has 1 saturated carbocycles. The summed E-state index contributed by atoms with van der Waals surface area (Å²) in [7, 11) is 0. The lowest BCUT2D eigenvalue weighted by Gasteiger charge is -2.49. The average Bonchev–Trinajstić information content (AvgIpc) is 3.88. The van der Waals surface area contributed by atoms with E-state index in [9.17, 15) is 32.7 Å². The second kappa shape index (κ2) is 12.7. The summed E-state index contributed by atoms with van der Waals surface area (Å²) in [5.74, 6) is -0.791. The third-order valence-corrected chi connectivity index (χ3v) is 11.5. The number of fused-ring (bicyclic) bond motifs is 5. The topological polar surface area (TPSA) is 157 Å². The fourth-order valence-corrected chi connectivity index (χ4v) is 8.97. The van der Waals surface area contributed by atoms with E-state index >= 15 is 0 Å². The molecule has 0 bridgehead atoms. The first-order chi connectivity index (χ1) is 24.9. The van der Waals surface area contributed by atoms with Crippen molar-refractivity contribution in [2.75, 3.05) is 25.1 Å². The predicted molar refractivity (Wildman–Crippen MR) is 181 cm³/mol. The number of rotatable bonds is 5. The van der Waals surface area contributed by atoms with Crippen LogP contribution in [0.5, 0.6) is 5.75 Å². The van der Waals surface area contributed by atoms with Gasteiger partial charge in [0.05, 0.1) is 35.2 Å². The monoisotopic (exact) mass is 738 g/mol. The maximum absolute atomic E-state index is 14.6. The van der Waals surface area contributed by atoms with Gasteiger partial charge in [0.2, 0.25) is 11.7 Å². The number of likely N-dealkylation sites (tertiary alicyclic amines) is 1. The Labute approximate surface area is 299 Å². The lowest BCUT2D eigenvalue weighted by atomic mass is 9.64. The Morgan fingerprint density at radius 1 is 1.17 bits per heavy atom. The fourth-order valence-electron chi connectivity index (χ4n) is 8.75. The molecule has 1 aromatic carbocycles. The maximum atomic E-state index is 14.6. The number of halogens is 4. The van der Waals surface area contributed by atoms with Crippen LogP contribution in [-0.2, 0) is 34.1 Å². The van der Waals surface area contributed by atoms with Crippen LogP contribution >= 0.6 is 11.6 Å². The SMILES string of the molecule is Cc1ncnc(C(=O)N2CC[C@]3(CCc4c3c(=O)n3nc(C5=CCOCC5)nc3n4CC(=O)Nc3ccc(C(F)(F)F)cc3Cl)[C@@H]3CCC[C@@H]32)c1O. The van der Waals surface area contributed by atoms with Crippen molar-refractivity contribution in [3.05, 3.63) is 80.0 Å². The van der Waals surface area contributed by atoms with E-state index in [4.69, 9.17) is 21.3 Å². The first kappa shape index (κ1) is 34.3. The Balaban J connectivity index is 1.19. The quantitative estimate of drug-likeness (QED) is 0.296. The van der Waals surface area contributed by atoms with Crippen LogP contribution in [-0.4, -0.2) is 76.8 Å². The highest BCUT2D eigenvalue weighted by Crippen LogP contribution is 2.55. The van der Waals surface area contributed by atoms with E-state index in [1.54, 1.807) is 16.4 Å². The van der Waals surface area contributed by atoms with E-state index in [0.717, 1.165) is 43.0 Å². The van der Waals surface area contributed by atoms with Gasteiger partial charge in [0.25, 0.3) is 11.5 Å². The number of alkyl halides is 3. The van der Waals surface area contributed by atoms with Crippen LogP contribution in [0, 0.1) is 12.8 Å². The van der Waals surface area contributed by atoms with Crippen LogP contribution in [0.1, 0.15) is 77.4 Å². The zero-order valence-corrected chi connectivity index (χ0v) is 28.8. The smallest absolute Gasteiger partial charge is 0.416 e. The molecule has 0 unspecified atom stereocenters. The van der Waals surface area contributed by atoms with Gasteiger partial charge in [0, 0.05) is 29.3 Å². The van der Waals surface area contributed by atoms with Gasteiger partial charge in [-0.05, 0) is 75.1 Å². The molecular formula is C35H34ClF3N8O5. The summed E-state index contributed by atoms with van der Waals surface area (Å²) in [5, 5.41) is 17.7. The number of carbonyl (C=O) groups is 2. The van der Waals surface area contributed by atoms with Gasteiger partial charge in [-0.3, -0.25) is 14.4 Å². The van der Waals surface area contributed by atoms with Gasteiger partial charge >= 0.3 is 6.18 Å². The van der Waals surface area contributed by atoms with Gasteiger partial charge in [-0.15, -0.1) is 5.10 Å². The largest absolute Gasteiger partial charge is 0.504 e. The van der Waals surface area contributed by atoms with Crippen molar-refractivity contribution in [2.24, 2.45) is 5.92 Å². The third-order valence-electron chi connectivity index (χ3n) is 11.1. The fraction of sp³-hybridized carbons (Fsp3) is 0.457. The molecule has 5 heterocycles. The number of ether oxygens (including phenoxy) is 1.